The number of halogens is 24. The number of hydrogen-bond donors (Lipinski definition) is 1. The molecule has 4 rings (SSSR count). The van der Waals surface area contributed by atoms with Gasteiger partial charge in [0.05, 0.1) is 27.8 Å². The van der Waals surface area contributed by atoms with Crippen LogP contribution >= 0.6 is 0 Å². The summed E-state index contributed by atoms with van der Waals surface area (Å²) in [4.78, 5) is 0. The van der Waals surface area contributed by atoms with E-state index in [1.54, 1.807) is 6.07 Å². The number of alkyl halides is 24. The molecule has 98 heavy (non-hydrogen) atoms. The summed E-state index contributed by atoms with van der Waals surface area (Å²) in [5.74, 6) is -4.50. The van der Waals surface area contributed by atoms with Crippen molar-refractivity contribution in [1.29, 1.82) is 0 Å². The Morgan fingerprint density at radius 3 is 0.949 bits per heavy atom. The van der Waals surface area contributed by atoms with Crippen molar-refractivity contribution in [3.05, 3.63) is 116 Å². The standard InChI is InChI=1S/C61H84BF18NO3.C8H3F6/c1-4-6-8-10-12-14-16-18-20-22-24-26-28-30-32-34-36-48-50(59(72,73)74)41-46(58(69,70)71)42-51(48)83-62(82-47-39-44(56(63,64)65)38-45(40-47)57(66,67)68)84-55-49(52(60(75,76)77)43(3)53(54(55)81)61(78,79)80)37-35-33-31-29-27-25-23-21-19-17-15-13-11-9-7-5-2;9-7(10,11)5-2-1-3-6(4-5)8(12,13)14/h38-42H,4-37,81H2,1-3H3;2-4H/q;-1/p+1. The highest BCUT2D eigenvalue weighted by molar-refractivity contribution is 6.39. The van der Waals surface area contributed by atoms with Gasteiger partial charge in [-0.2, -0.15) is 124 Å². The molecule has 4 aromatic carbocycles. The van der Waals surface area contributed by atoms with Crippen LogP contribution in [-0.4, -0.2) is 7.32 Å². The molecule has 0 radical (unpaired) electrons. The molecule has 0 fully saturated rings. The van der Waals surface area contributed by atoms with Crippen molar-refractivity contribution in [1.82, 2.24) is 0 Å². The van der Waals surface area contributed by atoms with Gasteiger partial charge in [-0.1, -0.05) is 218 Å². The van der Waals surface area contributed by atoms with Crippen molar-refractivity contribution in [2.45, 2.75) is 288 Å². The van der Waals surface area contributed by atoms with Gasteiger partial charge in [0.2, 0.25) is 0 Å². The van der Waals surface area contributed by atoms with Gasteiger partial charge < -0.3 is 19.7 Å². The molecule has 0 saturated carbocycles. The summed E-state index contributed by atoms with van der Waals surface area (Å²) < 4.78 is 352. The van der Waals surface area contributed by atoms with Crippen molar-refractivity contribution in [2.75, 3.05) is 0 Å². The number of hydrogen-bond acceptors (Lipinski definition) is 3. The second-order valence-electron chi connectivity index (χ2n) is 24.6. The van der Waals surface area contributed by atoms with Gasteiger partial charge in [-0.05, 0) is 68.5 Å². The molecule has 0 bridgehead atoms. The minimum Gasteiger partial charge on any atom is -0.490 e. The van der Waals surface area contributed by atoms with E-state index in [1.165, 1.54) is 51.4 Å². The first-order valence-electron chi connectivity index (χ1n) is 33.4. The Labute approximate surface area is 558 Å². The van der Waals surface area contributed by atoms with Gasteiger partial charge in [-0.3, -0.25) is 0 Å². The van der Waals surface area contributed by atoms with E-state index < -0.39 is 154 Å². The van der Waals surface area contributed by atoms with Crippen LogP contribution in [0, 0.1) is 13.0 Å². The second-order valence-corrected chi connectivity index (χ2v) is 24.6. The molecular weight excluding hydrogens is 1360 g/mol. The molecule has 29 heteroatoms. The molecule has 4 nitrogen and oxygen atoms in total. The van der Waals surface area contributed by atoms with E-state index in [9.17, 15) is 92.2 Å². The lowest BCUT2D eigenvalue weighted by Gasteiger charge is -2.26. The van der Waals surface area contributed by atoms with Crippen molar-refractivity contribution in [3.8, 4) is 17.2 Å². The molecule has 4 aromatic rings. The van der Waals surface area contributed by atoms with Crippen LogP contribution in [0.25, 0.3) is 0 Å². The van der Waals surface area contributed by atoms with Crippen molar-refractivity contribution in [2.24, 2.45) is 0 Å². The maximum Gasteiger partial charge on any atom is 0.864 e. The highest BCUT2D eigenvalue weighted by Gasteiger charge is 2.49. The summed E-state index contributed by atoms with van der Waals surface area (Å²) in [5, 5.41) is 0. The third-order valence-electron chi connectivity index (χ3n) is 16.5. The number of benzene rings is 4. The van der Waals surface area contributed by atoms with Gasteiger partial charge in [0.1, 0.15) is 17.1 Å². The number of quaternary nitrogens is 1. The molecule has 3 N–H and O–H groups in total. The zero-order valence-corrected chi connectivity index (χ0v) is 55.2. The van der Waals surface area contributed by atoms with Crippen LogP contribution in [0.2, 0.25) is 0 Å². The Morgan fingerprint density at radius 1 is 0.327 bits per heavy atom. The fraction of sp³-hybridized carbons (Fsp3) is 0.652. The topological polar surface area (TPSA) is 55.3 Å². The summed E-state index contributed by atoms with van der Waals surface area (Å²) in [6.45, 7) is 4.78. The summed E-state index contributed by atoms with van der Waals surface area (Å²) >= 11 is 0. The number of rotatable bonds is 40. The van der Waals surface area contributed by atoms with Crippen LogP contribution in [-0.2, 0) is 62.3 Å². The summed E-state index contributed by atoms with van der Waals surface area (Å²) in [6.07, 6.45) is -16.7. The van der Waals surface area contributed by atoms with E-state index >= 15 is 13.2 Å². The van der Waals surface area contributed by atoms with E-state index in [-0.39, 0.29) is 62.1 Å². The molecule has 0 saturated heterocycles. The lowest BCUT2D eigenvalue weighted by Crippen LogP contribution is -2.46. The van der Waals surface area contributed by atoms with Crippen molar-refractivity contribution >= 4 is 13.0 Å². The maximum absolute atomic E-state index is 15.2. The highest BCUT2D eigenvalue weighted by Crippen LogP contribution is 2.50. The minimum atomic E-state index is -5.67. The average Bonchev–Trinajstić information content (AvgIpc) is 0.743. The van der Waals surface area contributed by atoms with Crippen molar-refractivity contribution in [3.63, 3.8) is 0 Å². The minimum absolute atomic E-state index is 0.00996. The first kappa shape index (κ1) is 86.8. The molecule has 558 valence electrons. The third kappa shape index (κ3) is 31.3. The molecule has 0 spiro atoms. The fourth-order valence-electron chi connectivity index (χ4n) is 11.4. The van der Waals surface area contributed by atoms with E-state index in [2.05, 4.69) is 19.6 Å². The Bertz CT molecular complexity index is 2880. The van der Waals surface area contributed by atoms with Crippen LogP contribution in [0.4, 0.5) is 111 Å². The SMILES string of the molecule is CCCCCCCCCCCCCCCCCCc1c(OB(Oc2cc(C(F)(F)F)cc(C(F)(F)F)c2)Oc2c([NH3+])c(C(F)(F)F)c(C)c(C(F)(F)F)c2CCCCCCCCCCCCCCCCCC)cc(C(F)(F)F)cc1C(F)(F)F.FC(F)(F)c1c[c-]cc(C(F)(F)F)c1. The lowest BCUT2D eigenvalue weighted by molar-refractivity contribution is -0.264. The van der Waals surface area contributed by atoms with Gasteiger partial charge >= 0.3 is 56.7 Å². The zero-order valence-electron chi connectivity index (χ0n) is 55.2. The molecule has 0 atom stereocenters. The molecule has 0 aromatic heterocycles. The first-order valence-corrected chi connectivity index (χ1v) is 33.4. The predicted molar refractivity (Wildman–Crippen MR) is 326 cm³/mol. The number of unbranched alkanes of at least 4 members (excludes halogenated alkanes) is 30. The largest absolute Gasteiger partial charge is 0.864 e. The van der Waals surface area contributed by atoms with E-state index in [4.69, 9.17) is 14.0 Å². The molecule has 0 heterocycles. The average molecular weight is 1450 g/mol. The van der Waals surface area contributed by atoms with Crippen LogP contribution < -0.4 is 19.7 Å². The Balaban J connectivity index is 0.00000158. The molecule has 0 unspecified atom stereocenters. The Hall–Kier alpha value is -5.38. The predicted octanol–water partition coefficient (Wildman–Crippen LogP) is 26.6. The third-order valence-corrected chi connectivity index (χ3v) is 16.5. The van der Waals surface area contributed by atoms with Gasteiger partial charge in [-0.25, -0.2) is 0 Å². The maximum atomic E-state index is 15.2. The van der Waals surface area contributed by atoms with Gasteiger partial charge in [0, 0.05) is 11.1 Å². The van der Waals surface area contributed by atoms with Crippen LogP contribution in [0.3, 0.4) is 0 Å². The molecule has 0 aliphatic carbocycles. The molecule has 0 aliphatic rings. The Kier molecular flexibility index (Phi) is 35.7. The molecule has 0 amide bonds. The molecule has 0 aliphatic heterocycles. The summed E-state index contributed by atoms with van der Waals surface area (Å²) in [7, 11) is -3.29. The fourth-order valence-corrected chi connectivity index (χ4v) is 11.4. The zero-order chi connectivity index (χ0) is 73.8. The smallest absolute Gasteiger partial charge is 0.490 e. The monoisotopic (exact) mass is 1450 g/mol. The van der Waals surface area contributed by atoms with E-state index in [1.807, 2.05) is 0 Å². The van der Waals surface area contributed by atoms with E-state index in [0.29, 0.717) is 44.7 Å². The second kappa shape index (κ2) is 40.3. The van der Waals surface area contributed by atoms with Crippen molar-refractivity contribution < 1.29 is 125 Å². The van der Waals surface area contributed by atoms with Crippen LogP contribution in [0.1, 0.15) is 281 Å². The molecular formula is C69H88BF24NO3. The summed E-state index contributed by atoms with van der Waals surface area (Å²) in [5.41, 5.74) is -16.5. The highest BCUT2D eigenvalue weighted by atomic mass is 19.4. The van der Waals surface area contributed by atoms with Gasteiger partial charge in [-0.15, -0.1) is 6.07 Å². The van der Waals surface area contributed by atoms with Crippen LogP contribution in [0.5, 0.6) is 17.2 Å². The van der Waals surface area contributed by atoms with Crippen LogP contribution in [0.15, 0.2) is 48.5 Å². The quantitative estimate of drug-likeness (QED) is 0.0209. The lowest BCUT2D eigenvalue weighted by atomic mass is 9.89. The normalized spacial score (nSPS) is 12.9. The summed E-state index contributed by atoms with van der Waals surface area (Å²) in [6, 6.07) is 1.92. The van der Waals surface area contributed by atoms with Gasteiger partial charge in [0.15, 0.2) is 11.4 Å². The Morgan fingerprint density at radius 2 is 0.633 bits per heavy atom. The van der Waals surface area contributed by atoms with E-state index in [0.717, 1.165) is 103 Å². The first-order chi connectivity index (χ1) is 45.5. The van der Waals surface area contributed by atoms with Gasteiger partial charge in [0.25, 0.3) is 0 Å².